The normalized spacial score (nSPS) is 17.6. The number of carbonyl (C=O) groups excluding carboxylic acids is 1. The lowest BCUT2D eigenvalue weighted by Crippen LogP contribution is -2.39. The van der Waals surface area contributed by atoms with Gasteiger partial charge in [-0.1, -0.05) is 41.4 Å². The number of carbonyl (C=O) groups is 1. The number of halogens is 2. The van der Waals surface area contributed by atoms with Crippen molar-refractivity contribution in [3.8, 4) is 11.5 Å². The van der Waals surface area contributed by atoms with Gasteiger partial charge in [0, 0.05) is 19.6 Å². The maximum atomic E-state index is 12.0. The standard InChI is InChI=1S/C23H27Cl2NO4/c1-23(2,3)30-21(27)11-12-26-13-14-28-20(15-26)16-7-9-17(10-8-16)29-19-6-4-5-18(24)22(19)25/h4-10,20H,11-15H2,1-3H3. The molecule has 1 saturated heterocycles. The van der Waals surface area contributed by atoms with E-state index in [0.29, 0.717) is 41.1 Å². The van der Waals surface area contributed by atoms with E-state index in [4.69, 9.17) is 37.4 Å². The third-order valence-corrected chi connectivity index (χ3v) is 5.40. The molecular formula is C23H27Cl2NO4. The summed E-state index contributed by atoms with van der Waals surface area (Å²) < 4.78 is 17.2. The van der Waals surface area contributed by atoms with E-state index in [1.54, 1.807) is 18.2 Å². The summed E-state index contributed by atoms with van der Waals surface area (Å²) in [5.74, 6) is 1.01. The Hall–Kier alpha value is -1.79. The van der Waals surface area contributed by atoms with E-state index in [1.807, 2.05) is 45.0 Å². The summed E-state index contributed by atoms with van der Waals surface area (Å²) >= 11 is 12.2. The molecule has 0 amide bonds. The summed E-state index contributed by atoms with van der Waals surface area (Å²) in [6.07, 6.45) is 0.318. The maximum Gasteiger partial charge on any atom is 0.307 e. The van der Waals surface area contributed by atoms with Crippen molar-refractivity contribution in [2.45, 2.75) is 38.9 Å². The number of hydrogen-bond acceptors (Lipinski definition) is 5. The van der Waals surface area contributed by atoms with Crippen molar-refractivity contribution >= 4 is 29.2 Å². The van der Waals surface area contributed by atoms with E-state index in [9.17, 15) is 4.79 Å². The van der Waals surface area contributed by atoms with Crippen LogP contribution < -0.4 is 4.74 Å². The molecule has 2 aromatic rings. The highest BCUT2D eigenvalue weighted by Gasteiger charge is 2.23. The Balaban J connectivity index is 1.55. The number of morpholine rings is 1. The van der Waals surface area contributed by atoms with E-state index in [0.717, 1.165) is 18.7 Å². The van der Waals surface area contributed by atoms with Gasteiger partial charge in [0.1, 0.15) is 22.1 Å². The molecule has 162 valence electrons. The molecule has 5 nitrogen and oxygen atoms in total. The van der Waals surface area contributed by atoms with Gasteiger partial charge in [0.05, 0.1) is 24.2 Å². The van der Waals surface area contributed by atoms with Gasteiger partial charge >= 0.3 is 5.97 Å². The zero-order chi connectivity index (χ0) is 21.7. The van der Waals surface area contributed by atoms with Gasteiger partial charge in [-0.05, 0) is 50.6 Å². The van der Waals surface area contributed by atoms with Crippen LogP contribution >= 0.6 is 23.2 Å². The fourth-order valence-electron chi connectivity index (χ4n) is 3.19. The summed E-state index contributed by atoms with van der Waals surface area (Å²) in [4.78, 5) is 14.2. The van der Waals surface area contributed by atoms with E-state index in [1.165, 1.54) is 0 Å². The molecule has 1 aliphatic heterocycles. The van der Waals surface area contributed by atoms with Crippen LogP contribution in [0, 0.1) is 0 Å². The minimum absolute atomic E-state index is 0.0544. The van der Waals surface area contributed by atoms with Crippen LogP contribution in [0.25, 0.3) is 0 Å². The molecule has 2 aromatic carbocycles. The first-order chi connectivity index (χ1) is 14.2. The first-order valence-corrected chi connectivity index (χ1v) is 10.7. The van der Waals surface area contributed by atoms with Gasteiger partial charge in [-0.25, -0.2) is 0 Å². The molecule has 0 bridgehead atoms. The summed E-state index contributed by atoms with van der Waals surface area (Å²) in [5.41, 5.74) is 0.602. The highest BCUT2D eigenvalue weighted by molar-refractivity contribution is 6.42. The number of rotatable bonds is 6. The van der Waals surface area contributed by atoms with Gasteiger partial charge in [-0.15, -0.1) is 0 Å². The molecule has 0 aromatic heterocycles. The van der Waals surface area contributed by atoms with Crippen molar-refractivity contribution in [1.29, 1.82) is 0 Å². The fourth-order valence-corrected chi connectivity index (χ4v) is 3.52. The minimum atomic E-state index is -0.455. The van der Waals surface area contributed by atoms with Gasteiger partial charge in [-0.3, -0.25) is 9.69 Å². The monoisotopic (exact) mass is 451 g/mol. The van der Waals surface area contributed by atoms with Crippen LogP contribution in [0.3, 0.4) is 0 Å². The molecule has 0 aliphatic carbocycles. The van der Waals surface area contributed by atoms with Crippen LogP contribution in [0.2, 0.25) is 10.0 Å². The van der Waals surface area contributed by atoms with Crippen LogP contribution in [-0.4, -0.2) is 42.7 Å². The highest BCUT2D eigenvalue weighted by Crippen LogP contribution is 2.35. The zero-order valence-electron chi connectivity index (χ0n) is 17.5. The average Bonchev–Trinajstić information content (AvgIpc) is 2.69. The molecule has 1 aliphatic rings. The number of nitrogens with zero attached hydrogens (tertiary/aromatic N) is 1. The number of benzene rings is 2. The van der Waals surface area contributed by atoms with Gasteiger partial charge in [0.15, 0.2) is 0 Å². The second kappa shape index (κ2) is 10.0. The Morgan fingerprint density at radius 2 is 1.90 bits per heavy atom. The number of ether oxygens (including phenoxy) is 3. The van der Waals surface area contributed by atoms with Crippen molar-refractivity contribution in [2.24, 2.45) is 0 Å². The predicted octanol–water partition coefficient (Wildman–Crippen LogP) is 5.89. The molecule has 1 fully saturated rings. The molecule has 1 heterocycles. The van der Waals surface area contributed by atoms with Crippen LogP contribution in [0.5, 0.6) is 11.5 Å². The molecule has 3 rings (SSSR count). The molecule has 0 saturated carbocycles. The van der Waals surface area contributed by atoms with E-state index < -0.39 is 5.60 Å². The third-order valence-electron chi connectivity index (χ3n) is 4.60. The topological polar surface area (TPSA) is 48.0 Å². The summed E-state index contributed by atoms with van der Waals surface area (Å²) in [7, 11) is 0. The molecule has 0 N–H and O–H groups in total. The number of hydrogen-bond donors (Lipinski definition) is 0. The van der Waals surface area contributed by atoms with E-state index >= 15 is 0 Å². The Kier molecular flexibility index (Phi) is 7.64. The largest absolute Gasteiger partial charge is 0.460 e. The van der Waals surface area contributed by atoms with E-state index in [2.05, 4.69) is 4.90 Å². The van der Waals surface area contributed by atoms with Crippen LogP contribution in [0.15, 0.2) is 42.5 Å². The van der Waals surface area contributed by atoms with Crippen LogP contribution in [0.1, 0.15) is 38.9 Å². The average molecular weight is 452 g/mol. The lowest BCUT2D eigenvalue weighted by Gasteiger charge is -2.33. The van der Waals surface area contributed by atoms with E-state index in [-0.39, 0.29) is 12.1 Å². The zero-order valence-corrected chi connectivity index (χ0v) is 19.0. The SMILES string of the molecule is CC(C)(C)OC(=O)CCN1CCOC(c2ccc(Oc3cccc(Cl)c3Cl)cc2)C1. The van der Waals surface area contributed by atoms with Crippen molar-refractivity contribution < 1.29 is 19.0 Å². The van der Waals surface area contributed by atoms with Gasteiger partial charge < -0.3 is 14.2 Å². The quantitative estimate of drug-likeness (QED) is 0.512. The Bertz CT molecular complexity index is 864. The van der Waals surface area contributed by atoms with Gasteiger partial charge in [-0.2, -0.15) is 0 Å². The van der Waals surface area contributed by atoms with Gasteiger partial charge in [0.25, 0.3) is 0 Å². The van der Waals surface area contributed by atoms with Crippen LogP contribution in [0.4, 0.5) is 0 Å². The lowest BCUT2D eigenvalue weighted by molar-refractivity contribution is -0.155. The molecule has 0 radical (unpaired) electrons. The third kappa shape index (κ3) is 6.61. The first-order valence-electron chi connectivity index (χ1n) is 9.99. The number of esters is 1. The molecule has 1 unspecified atom stereocenters. The van der Waals surface area contributed by atoms with Crippen molar-refractivity contribution in [2.75, 3.05) is 26.2 Å². The minimum Gasteiger partial charge on any atom is -0.460 e. The summed E-state index contributed by atoms with van der Waals surface area (Å²) in [6.45, 7) is 8.44. The fraction of sp³-hybridized carbons (Fsp3) is 0.435. The van der Waals surface area contributed by atoms with Crippen molar-refractivity contribution in [1.82, 2.24) is 4.90 Å². The lowest BCUT2D eigenvalue weighted by atomic mass is 10.1. The van der Waals surface area contributed by atoms with Crippen molar-refractivity contribution in [3.63, 3.8) is 0 Å². The molecular weight excluding hydrogens is 425 g/mol. The Morgan fingerprint density at radius 1 is 1.17 bits per heavy atom. The first kappa shape index (κ1) is 22.9. The molecule has 7 heteroatoms. The second-order valence-corrected chi connectivity index (χ2v) is 9.00. The highest BCUT2D eigenvalue weighted by atomic mass is 35.5. The summed E-state index contributed by atoms with van der Waals surface area (Å²) in [5, 5.41) is 0.840. The molecule has 30 heavy (non-hydrogen) atoms. The van der Waals surface area contributed by atoms with Crippen molar-refractivity contribution in [3.05, 3.63) is 58.1 Å². The van der Waals surface area contributed by atoms with Crippen LogP contribution in [-0.2, 0) is 14.3 Å². The summed E-state index contributed by atoms with van der Waals surface area (Å²) in [6, 6.07) is 13.0. The molecule has 0 spiro atoms. The Labute approximate surface area is 187 Å². The Morgan fingerprint density at radius 3 is 2.60 bits per heavy atom. The predicted molar refractivity (Wildman–Crippen MR) is 119 cm³/mol. The van der Waals surface area contributed by atoms with Gasteiger partial charge in [0.2, 0.25) is 0 Å². The maximum absolute atomic E-state index is 12.0. The second-order valence-electron chi connectivity index (χ2n) is 8.22. The molecule has 1 atom stereocenters. The smallest absolute Gasteiger partial charge is 0.307 e.